The summed E-state index contributed by atoms with van der Waals surface area (Å²) in [5.41, 5.74) is 3.92. The first-order valence-corrected chi connectivity index (χ1v) is 12.9. The van der Waals surface area contributed by atoms with Gasteiger partial charge in [-0.3, -0.25) is 0 Å². The van der Waals surface area contributed by atoms with Crippen LogP contribution in [0.25, 0.3) is 28.2 Å². The Morgan fingerprint density at radius 3 is 2.54 bits per heavy atom. The second-order valence-electron chi connectivity index (χ2n) is 9.21. The summed E-state index contributed by atoms with van der Waals surface area (Å²) < 4.78 is 1.73. The lowest BCUT2D eigenvalue weighted by Crippen LogP contribution is -2.23. The maximum absolute atomic E-state index is 6.52. The second kappa shape index (κ2) is 10.6. The van der Waals surface area contributed by atoms with Gasteiger partial charge in [-0.05, 0) is 50.5 Å². The Hall–Kier alpha value is -3.26. The average Bonchev–Trinajstić information content (AvgIpc) is 3.26. The van der Waals surface area contributed by atoms with Gasteiger partial charge < -0.3 is 10.6 Å². The van der Waals surface area contributed by atoms with Gasteiger partial charge in [0.1, 0.15) is 10.8 Å². The molecule has 1 saturated carbocycles. The molecule has 0 amide bonds. The fourth-order valence-corrected chi connectivity index (χ4v) is 4.95. The second-order valence-corrected chi connectivity index (χ2v) is 9.60. The summed E-state index contributed by atoms with van der Waals surface area (Å²) in [5.74, 6) is 1.22. The number of halogens is 1. The number of rotatable bonds is 8. The fourth-order valence-electron chi connectivity index (χ4n) is 4.75. The highest BCUT2D eigenvalue weighted by atomic mass is 35.5. The van der Waals surface area contributed by atoms with Crippen LogP contribution in [-0.2, 0) is 0 Å². The predicted molar refractivity (Wildman–Crippen MR) is 141 cm³/mol. The zero-order chi connectivity index (χ0) is 24.2. The van der Waals surface area contributed by atoms with Gasteiger partial charge >= 0.3 is 0 Å². The molecule has 2 N–H and O–H groups in total. The summed E-state index contributed by atoms with van der Waals surface area (Å²) in [5, 5.41) is 12.3. The predicted octanol–water partition coefficient (Wildman–Crippen LogP) is 6.25. The lowest BCUT2D eigenvalue weighted by Gasteiger charge is -2.22. The quantitative estimate of drug-likeness (QED) is 0.282. The van der Waals surface area contributed by atoms with Crippen molar-refractivity contribution in [2.75, 3.05) is 10.6 Å². The van der Waals surface area contributed by atoms with E-state index >= 15 is 0 Å². The van der Waals surface area contributed by atoms with Gasteiger partial charge in [-0.2, -0.15) is 5.10 Å². The molecule has 4 aromatic rings. The molecule has 1 aliphatic carbocycles. The van der Waals surface area contributed by atoms with Crippen LogP contribution in [0.2, 0.25) is 5.15 Å². The van der Waals surface area contributed by atoms with Gasteiger partial charge in [0, 0.05) is 24.5 Å². The van der Waals surface area contributed by atoms with Crippen LogP contribution in [0.3, 0.4) is 0 Å². The van der Waals surface area contributed by atoms with Gasteiger partial charge in [0.2, 0.25) is 11.9 Å². The highest BCUT2D eigenvalue weighted by Crippen LogP contribution is 2.35. The number of fused-ring (bicyclic) bond motifs is 1. The minimum absolute atomic E-state index is 0.281. The Labute approximate surface area is 210 Å². The molecule has 182 valence electrons. The van der Waals surface area contributed by atoms with Crippen LogP contribution in [0.15, 0.2) is 42.7 Å². The Kier molecular flexibility index (Phi) is 7.08. The van der Waals surface area contributed by atoms with Crippen molar-refractivity contribution in [3.63, 3.8) is 0 Å². The molecule has 4 heterocycles. The minimum Gasteiger partial charge on any atom is -0.352 e. The fraction of sp³-hybridized carbons (Fsp3) is 0.423. The molecule has 5 rings (SSSR count). The molecule has 0 aliphatic heterocycles. The topological polar surface area (TPSA) is 92.9 Å². The molecule has 0 spiro atoms. The largest absolute Gasteiger partial charge is 0.352 e. The van der Waals surface area contributed by atoms with Crippen molar-refractivity contribution in [3.05, 3.63) is 47.9 Å². The van der Waals surface area contributed by atoms with E-state index in [2.05, 4.69) is 34.4 Å². The van der Waals surface area contributed by atoms with Crippen molar-refractivity contribution < 1.29 is 0 Å². The Morgan fingerprint density at radius 2 is 1.74 bits per heavy atom. The van der Waals surface area contributed by atoms with Crippen LogP contribution in [0.1, 0.15) is 58.8 Å². The zero-order valence-electron chi connectivity index (χ0n) is 20.2. The third-order valence-electron chi connectivity index (χ3n) is 6.46. The summed E-state index contributed by atoms with van der Waals surface area (Å²) in [6.07, 6.45) is 11.8. The van der Waals surface area contributed by atoms with Crippen molar-refractivity contribution in [2.45, 2.75) is 70.9 Å². The number of aromatic nitrogens is 6. The van der Waals surface area contributed by atoms with Gasteiger partial charge in [0.15, 0.2) is 0 Å². The Balaban J connectivity index is 1.56. The zero-order valence-corrected chi connectivity index (χ0v) is 21.0. The average molecular weight is 491 g/mol. The monoisotopic (exact) mass is 490 g/mol. The lowest BCUT2D eigenvalue weighted by atomic mass is 9.96. The maximum atomic E-state index is 6.52. The molecular weight excluding hydrogens is 460 g/mol. The van der Waals surface area contributed by atoms with E-state index < -0.39 is 0 Å². The number of anilines is 2. The summed E-state index contributed by atoms with van der Waals surface area (Å²) >= 11 is 6.52. The lowest BCUT2D eigenvalue weighted by molar-refractivity contribution is 0.461. The van der Waals surface area contributed by atoms with Crippen LogP contribution in [-0.4, -0.2) is 41.6 Å². The Bertz CT molecular complexity index is 1300. The molecular formula is C26H31ClN8. The standard InChI is InChI=1S/C26H31ClN8/c1-3-8-17(2)30-25-28-15-13-19(32-25)23-21-11-7-12-22(27)35(21)34-24(23)20-14-16-29-26(33-20)31-18-9-5-4-6-10-18/h7,11-18H,3-6,8-10H2,1-2H3,(H,28,30,32)(H,29,31,33). The van der Waals surface area contributed by atoms with Gasteiger partial charge in [0.05, 0.1) is 22.5 Å². The van der Waals surface area contributed by atoms with Crippen molar-refractivity contribution >= 4 is 29.0 Å². The van der Waals surface area contributed by atoms with Crippen molar-refractivity contribution in [1.82, 2.24) is 29.5 Å². The molecule has 9 heteroatoms. The smallest absolute Gasteiger partial charge is 0.223 e. The van der Waals surface area contributed by atoms with Gasteiger partial charge in [-0.25, -0.2) is 24.5 Å². The normalized spacial score (nSPS) is 15.3. The molecule has 0 radical (unpaired) electrons. The van der Waals surface area contributed by atoms with Crippen molar-refractivity contribution in [2.24, 2.45) is 0 Å². The number of hydrogen-bond donors (Lipinski definition) is 2. The molecule has 4 aromatic heterocycles. The summed E-state index contributed by atoms with van der Waals surface area (Å²) in [4.78, 5) is 18.6. The summed E-state index contributed by atoms with van der Waals surface area (Å²) in [6.45, 7) is 4.31. The van der Waals surface area contributed by atoms with E-state index in [-0.39, 0.29) is 6.04 Å². The van der Waals surface area contributed by atoms with E-state index in [1.807, 2.05) is 30.3 Å². The SMILES string of the molecule is CCCC(C)Nc1nccc(-c2c(-c3ccnc(NC4CCCCC4)n3)nn3c(Cl)cccc23)n1. The van der Waals surface area contributed by atoms with E-state index in [9.17, 15) is 0 Å². The van der Waals surface area contributed by atoms with E-state index in [1.165, 1.54) is 19.3 Å². The third-order valence-corrected chi connectivity index (χ3v) is 6.74. The first kappa shape index (κ1) is 23.5. The van der Waals surface area contributed by atoms with Crippen molar-refractivity contribution in [3.8, 4) is 22.6 Å². The van der Waals surface area contributed by atoms with Crippen LogP contribution in [0.5, 0.6) is 0 Å². The number of hydrogen-bond acceptors (Lipinski definition) is 7. The van der Waals surface area contributed by atoms with Crippen LogP contribution >= 0.6 is 11.6 Å². The van der Waals surface area contributed by atoms with E-state index in [0.717, 1.165) is 48.2 Å². The molecule has 1 aliphatic rings. The summed E-state index contributed by atoms with van der Waals surface area (Å²) in [7, 11) is 0. The Morgan fingerprint density at radius 1 is 1.00 bits per heavy atom. The van der Waals surface area contributed by atoms with Crippen LogP contribution in [0.4, 0.5) is 11.9 Å². The van der Waals surface area contributed by atoms with Crippen molar-refractivity contribution in [1.29, 1.82) is 0 Å². The maximum Gasteiger partial charge on any atom is 0.223 e. The molecule has 1 fully saturated rings. The summed E-state index contributed by atoms with van der Waals surface area (Å²) in [6, 6.07) is 10.2. The number of nitrogens with one attached hydrogen (secondary N) is 2. The van der Waals surface area contributed by atoms with E-state index in [0.29, 0.717) is 28.8 Å². The third kappa shape index (κ3) is 5.22. The molecule has 1 atom stereocenters. The molecule has 0 saturated heterocycles. The molecule has 8 nitrogen and oxygen atoms in total. The highest BCUT2D eigenvalue weighted by molar-refractivity contribution is 6.29. The number of pyridine rings is 1. The van der Waals surface area contributed by atoms with Gasteiger partial charge in [-0.15, -0.1) is 0 Å². The van der Waals surface area contributed by atoms with E-state index in [4.69, 9.17) is 26.7 Å². The van der Waals surface area contributed by atoms with Crippen LogP contribution < -0.4 is 10.6 Å². The molecule has 0 bridgehead atoms. The van der Waals surface area contributed by atoms with Crippen LogP contribution in [0, 0.1) is 0 Å². The number of nitrogens with zero attached hydrogens (tertiary/aromatic N) is 6. The first-order valence-electron chi connectivity index (χ1n) is 12.5. The molecule has 0 aromatic carbocycles. The first-order chi connectivity index (χ1) is 17.1. The highest BCUT2D eigenvalue weighted by Gasteiger charge is 2.21. The molecule has 1 unspecified atom stereocenters. The van der Waals surface area contributed by atoms with E-state index in [1.54, 1.807) is 16.9 Å². The van der Waals surface area contributed by atoms with Gasteiger partial charge in [-0.1, -0.05) is 50.3 Å². The van der Waals surface area contributed by atoms with Gasteiger partial charge in [0.25, 0.3) is 0 Å². The minimum atomic E-state index is 0.281. The molecule has 35 heavy (non-hydrogen) atoms.